The van der Waals surface area contributed by atoms with Gasteiger partial charge in [0.05, 0.1) is 12.5 Å². The third-order valence-electron chi connectivity index (χ3n) is 11.7. The smallest absolute Gasteiger partial charge is 0.311 e. The van der Waals surface area contributed by atoms with Crippen molar-refractivity contribution in [3.8, 4) is 11.5 Å². The van der Waals surface area contributed by atoms with Crippen molar-refractivity contribution in [2.45, 2.75) is 98.3 Å². The highest BCUT2D eigenvalue weighted by molar-refractivity contribution is 5.76. The molecule has 1 aromatic carbocycles. The zero-order valence-corrected chi connectivity index (χ0v) is 22.1. The number of hydrogen-bond acceptors (Lipinski definition) is 4. The first-order valence-electron chi connectivity index (χ1n) is 13.1. The van der Waals surface area contributed by atoms with Crippen LogP contribution in [0.2, 0.25) is 0 Å². The molecule has 0 aromatic heterocycles. The van der Waals surface area contributed by atoms with Crippen LogP contribution in [0.1, 0.15) is 96.3 Å². The number of phenols is 2. The molecule has 34 heavy (non-hydrogen) atoms. The molecule has 0 amide bonds. The Morgan fingerprint density at radius 1 is 1.00 bits per heavy atom. The molecule has 4 heteroatoms. The fraction of sp³-hybridized carbons (Fsp3) is 0.700. The number of fused-ring (bicyclic) bond motifs is 7. The van der Waals surface area contributed by atoms with Crippen LogP contribution in [0, 0.1) is 34.5 Å². The van der Waals surface area contributed by atoms with Crippen LogP contribution in [0.3, 0.4) is 0 Å². The highest BCUT2D eigenvalue weighted by Crippen LogP contribution is 2.74. The quantitative estimate of drug-likeness (QED) is 0.273. The lowest BCUT2D eigenvalue weighted by Gasteiger charge is -2.70. The Balaban J connectivity index is 1.61. The predicted octanol–water partition coefficient (Wildman–Crippen LogP) is 6.73. The second-order valence-electron chi connectivity index (χ2n) is 13.3. The van der Waals surface area contributed by atoms with Gasteiger partial charge < -0.3 is 14.9 Å². The molecule has 0 bridgehead atoms. The van der Waals surface area contributed by atoms with Crippen molar-refractivity contribution in [3.63, 3.8) is 0 Å². The largest absolute Gasteiger partial charge is 0.504 e. The minimum atomic E-state index is -0.408. The van der Waals surface area contributed by atoms with Gasteiger partial charge in [0.25, 0.3) is 0 Å². The van der Waals surface area contributed by atoms with E-state index in [0.29, 0.717) is 5.92 Å². The summed E-state index contributed by atoms with van der Waals surface area (Å²) in [5.41, 5.74) is 4.50. The standard InChI is InChI=1S/C30H42O4/c1-18-19-8-9-22-28(4,20(19)16-21(31)24(18)32)13-15-30(6)23-17-27(3,25(33)34-7)11-10-26(23,2)12-14-29(22,30)5/h9,16,23,31-32H,8,10-15,17H2,1-7H3/t23-,26-,27-,28+,29-,30+/m1/s1. The lowest BCUT2D eigenvalue weighted by atomic mass is 9.34. The molecule has 0 heterocycles. The number of phenolic OH excluding ortho intramolecular Hbond substituents is 2. The van der Waals surface area contributed by atoms with Crippen molar-refractivity contribution in [2.75, 3.05) is 7.11 Å². The maximum absolute atomic E-state index is 12.8. The van der Waals surface area contributed by atoms with E-state index in [1.54, 1.807) is 0 Å². The Labute approximate surface area is 204 Å². The van der Waals surface area contributed by atoms with Gasteiger partial charge in [0, 0.05) is 5.41 Å². The van der Waals surface area contributed by atoms with Gasteiger partial charge in [0.15, 0.2) is 11.5 Å². The average molecular weight is 467 g/mol. The summed E-state index contributed by atoms with van der Waals surface area (Å²) < 4.78 is 5.28. The second-order valence-corrected chi connectivity index (χ2v) is 13.3. The van der Waals surface area contributed by atoms with Gasteiger partial charge in [-0.3, -0.25) is 4.79 Å². The van der Waals surface area contributed by atoms with E-state index in [0.717, 1.165) is 50.5 Å². The van der Waals surface area contributed by atoms with Crippen LogP contribution in [0.4, 0.5) is 0 Å². The molecule has 4 aliphatic rings. The van der Waals surface area contributed by atoms with E-state index in [-0.39, 0.29) is 39.1 Å². The molecule has 4 nitrogen and oxygen atoms in total. The molecule has 6 atom stereocenters. The Kier molecular flexibility index (Phi) is 4.92. The van der Waals surface area contributed by atoms with Crippen LogP contribution in [0.5, 0.6) is 11.5 Å². The lowest BCUT2D eigenvalue weighted by molar-refractivity contribution is -0.179. The highest BCUT2D eigenvalue weighted by Gasteiger charge is 2.67. The predicted molar refractivity (Wildman–Crippen MR) is 134 cm³/mol. The number of esters is 1. The maximum Gasteiger partial charge on any atom is 0.311 e. The van der Waals surface area contributed by atoms with Crippen molar-refractivity contribution in [2.24, 2.45) is 27.6 Å². The summed E-state index contributed by atoms with van der Waals surface area (Å²) in [7, 11) is 1.53. The van der Waals surface area contributed by atoms with Crippen molar-refractivity contribution in [1.82, 2.24) is 0 Å². The second kappa shape index (κ2) is 7.04. The fourth-order valence-corrected chi connectivity index (χ4v) is 9.13. The molecule has 0 aliphatic heterocycles. The topological polar surface area (TPSA) is 66.8 Å². The summed E-state index contributed by atoms with van der Waals surface area (Å²) in [5.74, 6) is 0.416. The molecule has 1 aromatic rings. The minimum absolute atomic E-state index is 0.00504. The molecule has 0 radical (unpaired) electrons. The van der Waals surface area contributed by atoms with Crippen LogP contribution >= 0.6 is 0 Å². The van der Waals surface area contributed by atoms with Crippen molar-refractivity contribution < 1.29 is 19.7 Å². The van der Waals surface area contributed by atoms with Crippen LogP contribution in [0.25, 0.3) is 0 Å². The van der Waals surface area contributed by atoms with Gasteiger partial charge in [-0.25, -0.2) is 0 Å². The van der Waals surface area contributed by atoms with Gasteiger partial charge in [0.1, 0.15) is 0 Å². The average Bonchev–Trinajstić information content (AvgIpc) is 2.80. The number of carbonyl (C=O) groups is 1. The highest BCUT2D eigenvalue weighted by atomic mass is 16.5. The number of allylic oxidation sites excluding steroid dienone is 2. The van der Waals surface area contributed by atoms with Gasteiger partial charge in [-0.05, 0) is 110 Å². The van der Waals surface area contributed by atoms with Crippen molar-refractivity contribution in [1.29, 1.82) is 0 Å². The Morgan fingerprint density at radius 3 is 2.35 bits per heavy atom. The van der Waals surface area contributed by atoms with E-state index in [2.05, 4.69) is 40.7 Å². The molecule has 5 rings (SSSR count). The first-order valence-corrected chi connectivity index (χ1v) is 13.1. The van der Waals surface area contributed by atoms with Gasteiger partial charge >= 0.3 is 5.97 Å². The molecule has 186 valence electrons. The van der Waals surface area contributed by atoms with Gasteiger partial charge in [-0.1, -0.05) is 39.3 Å². The number of rotatable bonds is 1. The molecule has 2 N–H and O–H groups in total. The minimum Gasteiger partial charge on any atom is -0.504 e. The molecular formula is C30H42O4. The van der Waals surface area contributed by atoms with Crippen LogP contribution < -0.4 is 0 Å². The molecule has 0 unspecified atom stereocenters. The number of ether oxygens (including phenoxy) is 1. The molecule has 0 spiro atoms. The first-order chi connectivity index (χ1) is 15.8. The van der Waals surface area contributed by atoms with E-state index >= 15 is 0 Å². The first kappa shape index (κ1) is 23.8. The fourth-order valence-electron chi connectivity index (χ4n) is 9.13. The van der Waals surface area contributed by atoms with Gasteiger partial charge in [-0.2, -0.15) is 0 Å². The van der Waals surface area contributed by atoms with Crippen LogP contribution in [0.15, 0.2) is 17.7 Å². The molecular weight excluding hydrogens is 424 g/mol. The molecule has 3 fully saturated rings. The summed E-state index contributed by atoms with van der Waals surface area (Å²) in [5, 5.41) is 20.9. The summed E-state index contributed by atoms with van der Waals surface area (Å²) in [6.45, 7) is 13.9. The Hall–Kier alpha value is -1.97. The third kappa shape index (κ3) is 2.74. The van der Waals surface area contributed by atoms with Crippen LogP contribution in [-0.2, 0) is 21.4 Å². The van der Waals surface area contributed by atoms with E-state index in [1.165, 1.54) is 30.2 Å². The van der Waals surface area contributed by atoms with E-state index < -0.39 is 5.41 Å². The monoisotopic (exact) mass is 466 g/mol. The Morgan fingerprint density at radius 2 is 1.68 bits per heavy atom. The van der Waals surface area contributed by atoms with E-state index in [4.69, 9.17) is 4.74 Å². The lowest BCUT2D eigenvalue weighted by Crippen LogP contribution is -2.62. The number of methoxy groups -OCH3 is 1. The summed E-state index contributed by atoms with van der Waals surface area (Å²) in [4.78, 5) is 12.8. The number of aromatic hydroxyl groups is 2. The number of carbonyl (C=O) groups excluding carboxylic acids is 1. The number of hydrogen-bond donors (Lipinski definition) is 2. The summed E-state index contributed by atoms with van der Waals surface area (Å²) in [6.07, 6.45) is 10.6. The molecule has 0 saturated heterocycles. The van der Waals surface area contributed by atoms with Gasteiger partial charge in [0.2, 0.25) is 0 Å². The molecule has 4 aliphatic carbocycles. The Bertz CT molecular complexity index is 1100. The zero-order chi connectivity index (χ0) is 24.9. The van der Waals surface area contributed by atoms with E-state index in [1.807, 2.05) is 13.0 Å². The van der Waals surface area contributed by atoms with Crippen LogP contribution in [-0.4, -0.2) is 23.3 Å². The summed E-state index contributed by atoms with van der Waals surface area (Å²) >= 11 is 0. The third-order valence-corrected chi connectivity index (χ3v) is 11.7. The SMILES string of the molecule is COC(=O)[C@]1(C)CC[C@]2(C)CC[C@]3(C)C4=CCc5c(cc(O)c(O)c5C)[C@]4(C)CC[C@@]3(C)[C@@H]2C1. The molecule has 3 saturated carbocycles. The maximum atomic E-state index is 12.8. The zero-order valence-electron chi connectivity index (χ0n) is 22.1. The van der Waals surface area contributed by atoms with Crippen molar-refractivity contribution >= 4 is 5.97 Å². The number of benzene rings is 1. The summed E-state index contributed by atoms with van der Waals surface area (Å²) in [6, 6.07) is 1.83. The van der Waals surface area contributed by atoms with Crippen molar-refractivity contribution in [3.05, 3.63) is 34.4 Å². The van der Waals surface area contributed by atoms with Gasteiger partial charge in [-0.15, -0.1) is 0 Å². The normalized spacial score (nSPS) is 43.0. The van der Waals surface area contributed by atoms with E-state index in [9.17, 15) is 15.0 Å².